The van der Waals surface area contributed by atoms with Gasteiger partial charge in [0.1, 0.15) is 0 Å². The first-order valence-corrected chi connectivity index (χ1v) is 9.67. The fourth-order valence-corrected chi connectivity index (χ4v) is 3.60. The van der Waals surface area contributed by atoms with E-state index in [0.29, 0.717) is 19.5 Å². The van der Waals surface area contributed by atoms with Gasteiger partial charge in [-0.1, -0.05) is 30.3 Å². The van der Waals surface area contributed by atoms with Crippen LogP contribution in [-0.2, 0) is 27.3 Å². The van der Waals surface area contributed by atoms with E-state index in [1.54, 1.807) is 22.3 Å². The Labute approximate surface area is 162 Å². The number of rotatable bonds is 9. The topological polar surface area (TPSA) is 62.4 Å². The molecule has 0 aliphatic carbocycles. The summed E-state index contributed by atoms with van der Waals surface area (Å²) >= 11 is 1.59. The number of nitrogens with one attached hydrogen (secondary N) is 1. The van der Waals surface area contributed by atoms with E-state index in [4.69, 9.17) is 4.74 Å². The number of nitrogens with zero attached hydrogens (tertiary/aromatic N) is 1. The fraction of sp³-hybridized carbons (Fsp3) is 0.238. The normalized spacial score (nSPS) is 10.7. The van der Waals surface area contributed by atoms with Gasteiger partial charge >= 0.3 is 5.97 Å². The van der Waals surface area contributed by atoms with E-state index in [9.17, 15) is 9.59 Å². The van der Waals surface area contributed by atoms with Crippen LogP contribution < -0.4 is 0 Å². The molecule has 0 saturated carbocycles. The zero-order valence-corrected chi connectivity index (χ0v) is 15.8. The molecular weight excluding hydrogens is 360 g/mol. The van der Waals surface area contributed by atoms with Crippen LogP contribution in [0.2, 0.25) is 0 Å². The highest BCUT2D eigenvalue weighted by Crippen LogP contribution is 2.19. The van der Waals surface area contributed by atoms with E-state index in [2.05, 4.69) is 11.6 Å². The van der Waals surface area contributed by atoms with Crippen LogP contribution in [0.1, 0.15) is 16.9 Å². The summed E-state index contributed by atoms with van der Waals surface area (Å²) in [5, 5.41) is 3.07. The van der Waals surface area contributed by atoms with Crippen molar-refractivity contribution >= 4 is 34.1 Å². The molecule has 1 aromatic carbocycles. The summed E-state index contributed by atoms with van der Waals surface area (Å²) in [5.41, 5.74) is 2.12. The van der Waals surface area contributed by atoms with Crippen molar-refractivity contribution in [2.75, 3.05) is 13.2 Å². The number of aromatic amines is 1. The van der Waals surface area contributed by atoms with Gasteiger partial charge < -0.3 is 14.6 Å². The van der Waals surface area contributed by atoms with E-state index in [1.807, 2.05) is 48.0 Å². The first-order chi connectivity index (χ1) is 13.2. The van der Waals surface area contributed by atoms with Crippen molar-refractivity contribution in [1.82, 2.24) is 9.88 Å². The largest absolute Gasteiger partial charge is 0.456 e. The van der Waals surface area contributed by atoms with Gasteiger partial charge in [-0.05, 0) is 29.5 Å². The molecule has 140 valence electrons. The number of esters is 1. The molecule has 27 heavy (non-hydrogen) atoms. The van der Waals surface area contributed by atoms with Crippen LogP contribution in [0.5, 0.6) is 0 Å². The van der Waals surface area contributed by atoms with Crippen LogP contribution in [0.25, 0.3) is 10.9 Å². The molecule has 3 rings (SSSR count). The minimum atomic E-state index is -0.372. The lowest BCUT2D eigenvalue weighted by Gasteiger charge is -2.20. The number of fused-ring (bicyclic) bond motifs is 1. The molecule has 0 fully saturated rings. The Morgan fingerprint density at radius 3 is 2.85 bits per heavy atom. The Hall–Kier alpha value is -2.86. The zero-order valence-electron chi connectivity index (χ0n) is 15.0. The maximum Gasteiger partial charge on any atom is 0.306 e. The van der Waals surface area contributed by atoms with Crippen molar-refractivity contribution in [3.05, 3.63) is 71.1 Å². The van der Waals surface area contributed by atoms with Gasteiger partial charge in [-0.2, -0.15) is 0 Å². The van der Waals surface area contributed by atoms with Crippen LogP contribution in [0.15, 0.2) is 60.6 Å². The van der Waals surface area contributed by atoms with Gasteiger partial charge in [0.15, 0.2) is 6.61 Å². The number of thiophene rings is 1. The lowest BCUT2D eigenvalue weighted by molar-refractivity contribution is -0.152. The average Bonchev–Trinajstić information content (AvgIpc) is 3.34. The fourth-order valence-electron chi connectivity index (χ4n) is 2.88. The molecule has 1 amide bonds. The summed E-state index contributed by atoms with van der Waals surface area (Å²) in [5.74, 6) is -0.591. The van der Waals surface area contributed by atoms with E-state index in [0.717, 1.165) is 21.3 Å². The van der Waals surface area contributed by atoms with Gasteiger partial charge in [0.2, 0.25) is 0 Å². The number of para-hydroxylation sites is 1. The van der Waals surface area contributed by atoms with Crippen LogP contribution in [0, 0.1) is 0 Å². The molecule has 0 bridgehead atoms. The van der Waals surface area contributed by atoms with Crippen molar-refractivity contribution in [1.29, 1.82) is 0 Å². The van der Waals surface area contributed by atoms with Crippen molar-refractivity contribution < 1.29 is 14.3 Å². The Bertz CT molecular complexity index is 915. The minimum absolute atomic E-state index is 0.219. The standard InChI is InChI=1S/C21H22N2O3S/c1-2-11-23(14-17-6-5-12-27-17)20(24)15-26-21(25)10-9-16-13-22-19-8-4-3-7-18(16)19/h2-8,12-13,22H,1,9-11,14-15H2. The Kier molecular flexibility index (Phi) is 6.44. The van der Waals surface area contributed by atoms with E-state index < -0.39 is 0 Å². The lowest BCUT2D eigenvalue weighted by Crippen LogP contribution is -2.34. The highest BCUT2D eigenvalue weighted by Gasteiger charge is 2.16. The molecule has 2 aromatic heterocycles. The molecule has 1 N–H and O–H groups in total. The highest BCUT2D eigenvalue weighted by molar-refractivity contribution is 7.09. The quantitative estimate of drug-likeness (QED) is 0.451. The van der Waals surface area contributed by atoms with Gasteiger partial charge in [-0.3, -0.25) is 9.59 Å². The maximum atomic E-state index is 12.4. The Morgan fingerprint density at radius 1 is 1.22 bits per heavy atom. The molecule has 0 unspecified atom stereocenters. The van der Waals surface area contributed by atoms with Gasteiger partial charge in [-0.25, -0.2) is 0 Å². The number of aromatic nitrogens is 1. The first-order valence-electron chi connectivity index (χ1n) is 8.79. The summed E-state index contributed by atoms with van der Waals surface area (Å²) in [7, 11) is 0. The number of hydrogen-bond acceptors (Lipinski definition) is 4. The van der Waals surface area contributed by atoms with Crippen molar-refractivity contribution in [3.8, 4) is 0 Å². The number of ether oxygens (including phenoxy) is 1. The van der Waals surface area contributed by atoms with Gasteiger partial charge in [0, 0.05) is 34.9 Å². The summed E-state index contributed by atoms with van der Waals surface area (Å²) in [6.45, 7) is 4.36. The van der Waals surface area contributed by atoms with E-state index >= 15 is 0 Å². The zero-order chi connectivity index (χ0) is 19.1. The summed E-state index contributed by atoms with van der Waals surface area (Å²) < 4.78 is 5.19. The third-order valence-electron chi connectivity index (χ3n) is 4.26. The molecule has 6 heteroatoms. The maximum absolute atomic E-state index is 12.4. The number of benzene rings is 1. The van der Waals surface area contributed by atoms with Gasteiger partial charge in [-0.15, -0.1) is 17.9 Å². The highest BCUT2D eigenvalue weighted by atomic mass is 32.1. The second-order valence-corrected chi connectivity index (χ2v) is 7.19. The van der Waals surface area contributed by atoms with E-state index in [-0.39, 0.29) is 24.9 Å². The predicted octanol–water partition coefficient (Wildman–Crippen LogP) is 3.92. The SMILES string of the molecule is C=CCN(Cc1cccs1)C(=O)COC(=O)CCc1c[nH]c2ccccc12. The monoisotopic (exact) mass is 382 g/mol. The van der Waals surface area contributed by atoms with Crippen LogP contribution in [0.4, 0.5) is 0 Å². The van der Waals surface area contributed by atoms with Gasteiger partial charge in [0.25, 0.3) is 5.91 Å². The smallest absolute Gasteiger partial charge is 0.306 e. The Balaban J connectivity index is 1.48. The first kappa shape index (κ1) is 18.9. The molecule has 5 nitrogen and oxygen atoms in total. The van der Waals surface area contributed by atoms with Crippen LogP contribution >= 0.6 is 11.3 Å². The minimum Gasteiger partial charge on any atom is -0.456 e. The average molecular weight is 382 g/mol. The van der Waals surface area contributed by atoms with Crippen LogP contribution in [-0.4, -0.2) is 34.9 Å². The number of carbonyl (C=O) groups is 2. The number of amides is 1. The molecule has 0 atom stereocenters. The molecule has 0 aliphatic heterocycles. The summed E-state index contributed by atoms with van der Waals surface area (Å²) in [6, 6.07) is 11.9. The summed E-state index contributed by atoms with van der Waals surface area (Å²) in [6.07, 6.45) is 4.39. The lowest BCUT2D eigenvalue weighted by atomic mass is 10.1. The Morgan fingerprint density at radius 2 is 2.07 bits per heavy atom. The molecule has 0 radical (unpaired) electrons. The van der Waals surface area contributed by atoms with Crippen molar-refractivity contribution in [2.24, 2.45) is 0 Å². The number of H-pyrrole nitrogens is 1. The van der Waals surface area contributed by atoms with Crippen LogP contribution in [0.3, 0.4) is 0 Å². The molecule has 3 aromatic rings. The molecule has 2 heterocycles. The number of aryl methyl sites for hydroxylation is 1. The third kappa shape index (κ3) is 5.08. The second kappa shape index (κ2) is 9.19. The molecule has 0 saturated heterocycles. The van der Waals surface area contributed by atoms with Crippen molar-refractivity contribution in [2.45, 2.75) is 19.4 Å². The second-order valence-electron chi connectivity index (χ2n) is 6.16. The third-order valence-corrected chi connectivity index (χ3v) is 5.12. The van der Waals surface area contributed by atoms with E-state index in [1.165, 1.54) is 0 Å². The number of carbonyl (C=O) groups excluding carboxylic acids is 2. The molecule has 0 aliphatic rings. The molecule has 0 spiro atoms. The van der Waals surface area contributed by atoms with Crippen molar-refractivity contribution in [3.63, 3.8) is 0 Å². The predicted molar refractivity (Wildman–Crippen MR) is 108 cm³/mol. The summed E-state index contributed by atoms with van der Waals surface area (Å²) in [4.78, 5) is 30.3. The molecular formula is C21H22N2O3S. The van der Waals surface area contributed by atoms with Gasteiger partial charge in [0.05, 0.1) is 6.54 Å². The number of hydrogen-bond donors (Lipinski definition) is 1.